The monoisotopic (exact) mass is 318 g/mol. The van der Waals surface area contributed by atoms with Gasteiger partial charge in [0.05, 0.1) is 28.0 Å². The third-order valence-electron chi connectivity index (χ3n) is 5.04. The van der Waals surface area contributed by atoms with Crippen molar-refractivity contribution < 1.29 is 4.79 Å². The van der Waals surface area contributed by atoms with Gasteiger partial charge >= 0.3 is 0 Å². The van der Waals surface area contributed by atoms with Gasteiger partial charge in [0.15, 0.2) is 0 Å². The summed E-state index contributed by atoms with van der Waals surface area (Å²) in [7, 11) is 0. The fourth-order valence-corrected chi connectivity index (χ4v) is 3.89. The summed E-state index contributed by atoms with van der Waals surface area (Å²) in [5.41, 5.74) is 4.36. The van der Waals surface area contributed by atoms with Gasteiger partial charge in [0, 0.05) is 5.92 Å². The number of imidazole rings is 1. The molecule has 0 radical (unpaired) electrons. The summed E-state index contributed by atoms with van der Waals surface area (Å²) in [6.45, 7) is 2.03. The summed E-state index contributed by atoms with van der Waals surface area (Å²) in [6, 6.07) is 13.8. The minimum absolute atomic E-state index is 0.0661. The summed E-state index contributed by atoms with van der Waals surface area (Å²) in [5.74, 6) is 1.42. The van der Waals surface area contributed by atoms with Gasteiger partial charge in [-0.15, -0.1) is 0 Å². The first-order valence-electron chi connectivity index (χ1n) is 8.46. The van der Waals surface area contributed by atoms with Gasteiger partial charge in [-0.1, -0.05) is 18.2 Å². The Morgan fingerprint density at radius 2 is 1.88 bits per heavy atom. The van der Waals surface area contributed by atoms with E-state index in [1.807, 2.05) is 36.4 Å². The van der Waals surface area contributed by atoms with Crippen molar-refractivity contribution in [2.75, 3.05) is 18.4 Å². The van der Waals surface area contributed by atoms with Crippen molar-refractivity contribution in [3.63, 3.8) is 0 Å². The van der Waals surface area contributed by atoms with Crippen LogP contribution >= 0.6 is 0 Å². The van der Waals surface area contributed by atoms with E-state index >= 15 is 0 Å². The van der Waals surface area contributed by atoms with Crippen LogP contribution in [0.15, 0.2) is 42.5 Å². The van der Waals surface area contributed by atoms with Crippen molar-refractivity contribution in [3.05, 3.63) is 53.9 Å². The summed E-state index contributed by atoms with van der Waals surface area (Å²) in [4.78, 5) is 17.6. The standard InChI is InChI=1S/C19H18N4O/c24-19-13-4-3-6-15-17(13)23(16-7-2-1-5-14(16)22-19)18(21-15)12-8-10-20-11-9-12/h1-7,12,20H,8-11H2,(H,22,24). The molecule has 5 nitrogen and oxygen atoms in total. The van der Waals surface area contributed by atoms with Crippen LogP contribution in [0.1, 0.15) is 34.9 Å². The highest BCUT2D eigenvalue weighted by atomic mass is 16.1. The van der Waals surface area contributed by atoms with Gasteiger partial charge < -0.3 is 10.6 Å². The van der Waals surface area contributed by atoms with Crippen molar-refractivity contribution in [1.29, 1.82) is 0 Å². The van der Waals surface area contributed by atoms with Crippen molar-refractivity contribution in [1.82, 2.24) is 14.9 Å². The van der Waals surface area contributed by atoms with E-state index < -0.39 is 0 Å². The molecule has 5 rings (SSSR count). The molecular formula is C19H18N4O. The normalized spacial score (nSPS) is 17.4. The van der Waals surface area contributed by atoms with Crippen molar-refractivity contribution >= 4 is 22.6 Å². The van der Waals surface area contributed by atoms with Crippen LogP contribution in [0.25, 0.3) is 16.7 Å². The molecule has 1 fully saturated rings. The number of nitrogens with one attached hydrogen (secondary N) is 2. The molecule has 2 aliphatic rings. The lowest BCUT2D eigenvalue weighted by Gasteiger charge is -2.23. The first-order chi connectivity index (χ1) is 11.8. The first-order valence-corrected chi connectivity index (χ1v) is 8.46. The Labute approximate surface area is 139 Å². The highest BCUT2D eigenvalue weighted by Gasteiger charge is 2.28. The topological polar surface area (TPSA) is 59.0 Å². The summed E-state index contributed by atoms with van der Waals surface area (Å²) >= 11 is 0. The molecule has 0 bridgehead atoms. The lowest BCUT2D eigenvalue weighted by molar-refractivity contribution is 0.102. The van der Waals surface area contributed by atoms with Crippen LogP contribution in [0, 0.1) is 0 Å². The summed E-state index contributed by atoms with van der Waals surface area (Å²) in [5, 5.41) is 6.46. The highest BCUT2D eigenvalue weighted by molar-refractivity contribution is 6.14. The molecule has 0 atom stereocenters. The Bertz CT molecular complexity index is 953. The molecule has 3 heterocycles. The lowest BCUT2D eigenvalue weighted by Crippen LogP contribution is -2.28. The molecular weight excluding hydrogens is 300 g/mol. The van der Waals surface area contributed by atoms with Gasteiger partial charge in [0.1, 0.15) is 5.82 Å². The number of amides is 1. The molecule has 2 N–H and O–H groups in total. The summed E-state index contributed by atoms with van der Waals surface area (Å²) in [6.07, 6.45) is 2.14. The average molecular weight is 318 g/mol. The Balaban J connectivity index is 1.86. The van der Waals surface area contributed by atoms with E-state index in [0.717, 1.165) is 54.2 Å². The molecule has 1 aromatic heterocycles. The first kappa shape index (κ1) is 13.7. The molecule has 5 heteroatoms. The number of anilines is 1. The van der Waals surface area contributed by atoms with Crippen LogP contribution in [0.4, 0.5) is 5.69 Å². The molecule has 0 saturated carbocycles. The zero-order chi connectivity index (χ0) is 16.1. The van der Waals surface area contributed by atoms with Crippen LogP contribution < -0.4 is 10.6 Å². The van der Waals surface area contributed by atoms with Gasteiger partial charge in [0.25, 0.3) is 5.91 Å². The van der Waals surface area contributed by atoms with Crippen LogP contribution in [0.5, 0.6) is 0 Å². The fraction of sp³-hybridized carbons (Fsp3) is 0.263. The third kappa shape index (κ3) is 1.91. The number of benzene rings is 2. The quantitative estimate of drug-likeness (QED) is 0.725. The largest absolute Gasteiger partial charge is 0.320 e. The van der Waals surface area contributed by atoms with Gasteiger partial charge in [-0.3, -0.25) is 9.36 Å². The molecule has 2 aliphatic heterocycles. The third-order valence-corrected chi connectivity index (χ3v) is 5.04. The molecule has 2 aromatic carbocycles. The van der Waals surface area contributed by atoms with Gasteiger partial charge in [0.2, 0.25) is 0 Å². The molecule has 1 saturated heterocycles. The minimum atomic E-state index is -0.0661. The average Bonchev–Trinajstić information content (AvgIpc) is 2.96. The van der Waals surface area contributed by atoms with Crippen LogP contribution in [-0.4, -0.2) is 28.5 Å². The number of para-hydroxylation sites is 3. The number of fused-ring (bicyclic) bond motifs is 2. The second-order valence-electron chi connectivity index (χ2n) is 6.47. The van der Waals surface area contributed by atoms with E-state index in [0.29, 0.717) is 11.5 Å². The van der Waals surface area contributed by atoms with E-state index in [1.54, 1.807) is 0 Å². The van der Waals surface area contributed by atoms with Crippen LogP contribution in [0.3, 0.4) is 0 Å². The second-order valence-corrected chi connectivity index (χ2v) is 6.47. The lowest BCUT2D eigenvalue weighted by atomic mass is 9.97. The molecule has 120 valence electrons. The number of hydrogen-bond acceptors (Lipinski definition) is 3. The maximum atomic E-state index is 12.7. The van der Waals surface area contributed by atoms with E-state index in [-0.39, 0.29) is 5.91 Å². The number of piperidine rings is 1. The zero-order valence-electron chi connectivity index (χ0n) is 13.2. The molecule has 0 aliphatic carbocycles. The van der Waals surface area contributed by atoms with Crippen LogP contribution in [0.2, 0.25) is 0 Å². The SMILES string of the molecule is O=C1Nc2ccccc2-n2c(C3CCNCC3)nc3cccc1c32. The number of rotatable bonds is 1. The summed E-state index contributed by atoms with van der Waals surface area (Å²) < 4.78 is 2.20. The minimum Gasteiger partial charge on any atom is -0.320 e. The smallest absolute Gasteiger partial charge is 0.257 e. The van der Waals surface area contributed by atoms with Gasteiger partial charge in [-0.05, 0) is 50.2 Å². The maximum Gasteiger partial charge on any atom is 0.257 e. The molecule has 1 amide bonds. The number of carbonyl (C=O) groups excluding carboxylic acids is 1. The predicted molar refractivity (Wildman–Crippen MR) is 93.9 cm³/mol. The Hall–Kier alpha value is -2.66. The molecule has 0 unspecified atom stereocenters. The number of nitrogens with zero attached hydrogens (tertiary/aromatic N) is 2. The Morgan fingerprint density at radius 1 is 1.04 bits per heavy atom. The zero-order valence-corrected chi connectivity index (χ0v) is 13.2. The van der Waals surface area contributed by atoms with E-state index in [2.05, 4.69) is 21.3 Å². The van der Waals surface area contributed by atoms with Crippen LogP contribution in [-0.2, 0) is 0 Å². The molecule has 3 aromatic rings. The fourth-order valence-electron chi connectivity index (χ4n) is 3.89. The maximum absolute atomic E-state index is 12.7. The van der Waals surface area contributed by atoms with Crippen molar-refractivity contribution in [2.24, 2.45) is 0 Å². The van der Waals surface area contributed by atoms with E-state index in [4.69, 9.17) is 4.98 Å². The van der Waals surface area contributed by atoms with Gasteiger partial charge in [-0.2, -0.15) is 0 Å². The number of aromatic nitrogens is 2. The molecule has 0 spiro atoms. The predicted octanol–water partition coefficient (Wildman–Crippen LogP) is 3.06. The molecule has 24 heavy (non-hydrogen) atoms. The van der Waals surface area contributed by atoms with Crippen molar-refractivity contribution in [2.45, 2.75) is 18.8 Å². The number of carbonyl (C=O) groups is 1. The number of hydrogen-bond donors (Lipinski definition) is 2. The van der Waals surface area contributed by atoms with E-state index in [9.17, 15) is 4.79 Å². The van der Waals surface area contributed by atoms with Crippen molar-refractivity contribution in [3.8, 4) is 5.69 Å². The Kier molecular flexibility index (Phi) is 2.97. The second kappa shape index (κ2) is 5.18. The van der Waals surface area contributed by atoms with E-state index in [1.165, 1.54) is 0 Å². The van der Waals surface area contributed by atoms with Gasteiger partial charge in [-0.25, -0.2) is 4.98 Å². The Morgan fingerprint density at radius 3 is 2.75 bits per heavy atom. The highest BCUT2D eigenvalue weighted by Crippen LogP contribution is 2.36.